The Bertz CT molecular complexity index is 466. The maximum Gasteiger partial charge on any atom is 0.257 e. The van der Waals surface area contributed by atoms with Crippen LogP contribution in [0.1, 0.15) is 36.0 Å². The average Bonchev–Trinajstić information content (AvgIpc) is 2.75. The fourth-order valence-electron chi connectivity index (χ4n) is 2.60. The van der Waals surface area contributed by atoms with Crippen molar-refractivity contribution in [1.29, 1.82) is 0 Å². The Hall–Kier alpha value is -0.940. The molecule has 1 N–H and O–H groups in total. The Labute approximate surface area is 120 Å². The summed E-state index contributed by atoms with van der Waals surface area (Å²) in [6, 6.07) is 4.44. The molecule has 0 spiro atoms. The largest absolute Gasteiger partial charge is 0.388 e. The third-order valence-corrected chi connectivity index (χ3v) is 4.25. The van der Waals surface area contributed by atoms with E-state index in [1.165, 1.54) is 11.0 Å². The van der Waals surface area contributed by atoms with Crippen molar-refractivity contribution in [2.45, 2.75) is 31.3 Å². The molecule has 0 heterocycles. The summed E-state index contributed by atoms with van der Waals surface area (Å²) in [4.78, 5) is 13.7. The zero-order valence-corrected chi connectivity index (χ0v) is 12.4. The standard InChI is InChI=1S/C14H17BrFNO2/c1-17(9-14(19)7-2-3-8-14)13(18)12-10(15)5-4-6-11(12)16/h4-6,19H,2-3,7-9H2,1H3. The molecule has 0 aliphatic heterocycles. The number of halogens is 2. The first-order chi connectivity index (χ1) is 8.93. The maximum absolute atomic E-state index is 13.7. The molecular weight excluding hydrogens is 313 g/mol. The quantitative estimate of drug-likeness (QED) is 0.926. The van der Waals surface area contributed by atoms with Crippen molar-refractivity contribution in [3.8, 4) is 0 Å². The van der Waals surface area contributed by atoms with Crippen LogP contribution in [-0.4, -0.2) is 35.1 Å². The van der Waals surface area contributed by atoms with Gasteiger partial charge in [0.15, 0.2) is 0 Å². The second-order valence-electron chi connectivity index (χ2n) is 5.19. The van der Waals surface area contributed by atoms with E-state index in [1.54, 1.807) is 19.2 Å². The molecule has 1 aromatic carbocycles. The summed E-state index contributed by atoms with van der Waals surface area (Å²) in [7, 11) is 1.59. The zero-order valence-electron chi connectivity index (χ0n) is 10.8. The molecule has 0 unspecified atom stereocenters. The lowest BCUT2D eigenvalue weighted by Crippen LogP contribution is -2.42. The number of benzene rings is 1. The van der Waals surface area contributed by atoms with E-state index in [1.807, 2.05) is 0 Å². The molecule has 1 aliphatic carbocycles. The highest BCUT2D eigenvalue weighted by atomic mass is 79.9. The van der Waals surface area contributed by atoms with Gasteiger partial charge < -0.3 is 10.0 Å². The highest BCUT2D eigenvalue weighted by molar-refractivity contribution is 9.10. The van der Waals surface area contributed by atoms with Gasteiger partial charge in [-0.2, -0.15) is 0 Å². The van der Waals surface area contributed by atoms with Crippen LogP contribution in [0, 0.1) is 5.82 Å². The van der Waals surface area contributed by atoms with Gasteiger partial charge in [-0.05, 0) is 40.9 Å². The SMILES string of the molecule is CN(CC1(O)CCCC1)C(=O)c1c(F)cccc1Br. The molecule has 0 saturated heterocycles. The van der Waals surface area contributed by atoms with Gasteiger partial charge in [0.05, 0.1) is 11.2 Å². The summed E-state index contributed by atoms with van der Waals surface area (Å²) in [6.07, 6.45) is 3.34. The smallest absolute Gasteiger partial charge is 0.257 e. The van der Waals surface area contributed by atoms with Crippen molar-refractivity contribution in [1.82, 2.24) is 4.90 Å². The molecule has 2 rings (SSSR count). The van der Waals surface area contributed by atoms with Crippen molar-refractivity contribution in [3.63, 3.8) is 0 Å². The van der Waals surface area contributed by atoms with Gasteiger partial charge >= 0.3 is 0 Å². The minimum atomic E-state index is -0.817. The monoisotopic (exact) mass is 329 g/mol. The van der Waals surface area contributed by atoms with Crippen LogP contribution in [0.5, 0.6) is 0 Å². The first kappa shape index (κ1) is 14.5. The van der Waals surface area contributed by atoms with Gasteiger partial charge in [-0.3, -0.25) is 4.79 Å². The Morgan fingerprint density at radius 2 is 2.11 bits per heavy atom. The second kappa shape index (κ2) is 5.59. The van der Waals surface area contributed by atoms with Crippen LogP contribution in [0.2, 0.25) is 0 Å². The molecule has 19 heavy (non-hydrogen) atoms. The molecule has 0 radical (unpaired) electrons. The summed E-state index contributed by atoms with van der Waals surface area (Å²) >= 11 is 3.19. The van der Waals surface area contributed by atoms with E-state index in [9.17, 15) is 14.3 Å². The van der Waals surface area contributed by atoms with Gasteiger partial charge in [0.25, 0.3) is 5.91 Å². The van der Waals surface area contributed by atoms with Gasteiger partial charge in [-0.25, -0.2) is 4.39 Å². The molecule has 0 atom stereocenters. The third-order valence-electron chi connectivity index (χ3n) is 3.59. The van der Waals surface area contributed by atoms with Gasteiger partial charge in [-0.15, -0.1) is 0 Å². The van der Waals surface area contributed by atoms with Crippen LogP contribution in [-0.2, 0) is 0 Å². The van der Waals surface area contributed by atoms with Gasteiger partial charge in [0.1, 0.15) is 5.82 Å². The minimum Gasteiger partial charge on any atom is -0.388 e. The molecule has 0 aromatic heterocycles. The first-order valence-electron chi connectivity index (χ1n) is 6.35. The zero-order chi connectivity index (χ0) is 14.0. The molecule has 1 aromatic rings. The summed E-state index contributed by atoms with van der Waals surface area (Å²) < 4.78 is 14.2. The predicted octanol–water partition coefficient (Wildman–Crippen LogP) is 2.97. The van der Waals surface area contributed by atoms with Crippen molar-refractivity contribution in [2.24, 2.45) is 0 Å². The van der Waals surface area contributed by atoms with E-state index in [-0.39, 0.29) is 12.1 Å². The van der Waals surface area contributed by atoms with Crippen molar-refractivity contribution < 1.29 is 14.3 Å². The Kier molecular flexibility index (Phi) is 4.26. The summed E-state index contributed by atoms with van der Waals surface area (Å²) in [6.45, 7) is 0.243. The maximum atomic E-state index is 13.7. The number of carbonyl (C=O) groups is 1. The molecule has 0 bridgehead atoms. The second-order valence-corrected chi connectivity index (χ2v) is 6.04. The molecule has 104 valence electrons. The van der Waals surface area contributed by atoms with E-state index in [0.29, 0.717) is 17.3 Å². The Balaban J connectivity index is 2.15. The van der Waals surface area contributed by atoms with Gasteiger partial charge in [-0.1, -0.05) is 18.9 Å². The molecule has 1 fully saturated rings. The molecule has 1 amide bonds. The van der Waals surface area contributed by atoms with E-state index >= 15 is 0 Å². The van der Waals surface area contributed by atoms with E-state index < -0.39 is 17.3 Å². The molecule has 1 saturated carbocycles. The number of likely N-dealkylation sites (N-methyl/N-ethyl adjacent to an activating group) is 1. The predicted molar refractivity (Wildman–Crippen MR) is 74.5 cm³/mol. The lowest BCUT2D eigenvalue weighted by Gasteiger charge is -2.29. The lowest BCUT2D eigenvalue weighted by atomic mass is 10.0. The van der Waals surface area contributed by atoms with Crippen LogP contribution in [0.4, 0.5) is 4.39 Å². The van der Waals surface area contributed by atoms with E-state index in [0.717, 1.165) is 12.8 Å². The van der Waals surface area contributed by atoms with E-state index in [2.05, 4.69) is 15.9 Å². The van der Waals surface area contributed by atoms with Crippen LogP contribution in [0.15, 0.2) is 22.7 Å². The Morgan fingerprint density at radius 3 is 2.68 bits per heavy atom. The highest BCUT2D eigenvalue weighted by Gasteiger charge is 2.34. The highest BCUT2D eigenvalue weighted by Crippen LogP contribution is 2.30. The molecular formula is C14H17BrFNO2. The summed E-state index contributed by atoms with van der Waals surface area (Å²) in [5.41, 5.74) is -0.797. The number of hydrogen-bond acceptors (Lipinski definition) is 2. The number of carbonyl (C=O) groups excluding carboxylic acids is 1. The van der Waals surface area contributed by atoms with Crippen LogP contribution in [0.25, 0.3) is 0 Å². The van der Waals surface area contributed by atoms with Crippen molar-refractivity contribution in [2.75, 3.05) is 13.6 Å². The van der Waals surface area contributed by atoms with Crippen molar-refractivity contribution in [3.05, 3.63) is 34.1 Å². The van der Waals surface area contributed by atoms with Crippen LogP contribution >= 0.6 is 15.9 Å². The molecule has 3 nitrogen and oxygen atoms in total. The number of amides is 1. The van der Waals surface area contributed by atoms with Crippen molar-refractivity contribution >= 4 is 21.8 Å². The van der Waals surface area contributed by atoms with Gasteiger partial charge in [0.2, 0.25) is 0 Å². The molecule has 5 heteroatoms. The third kappa shape index (κ3) is 3.15. The summed E-state index contributed by atoms with van der Waals surface area (Å²) in [5, 5.41) is 10.3. The summed E-state index contributed by atoms with van der Waals surface area (Å²) in [5.74, 6) is -0.963. The average molecular weight is 330 g/mol. The normalized spacial score (nSPS) is 17.5. The number of aliphatic hydroxyl groups is 1. The number of hydrogen-bond donors (Lipinski definition) is 1. The lowest BCUT2D eigenvalue weighted by molar-refractivity contribution is 0.0155. The topological polar surface area (TPSA) is 40.5 Å². The molecule has 1 aliphatic rings. The van der Waals surface area contributed by atoms with E-state index in [4.69, 9.17) is 0 Å². The minimum absolute atomic E-state index is 0.0200. The van der Waals surface area contributed by atoms with Crippen LogP contribution in [0.3, 0.4) is 0 Å². The van der Waals surface area contributed by atoms with Gasteiger partial charge in [0, 0.05) is 18.1 Å². The van der Waals surface area contributed by atoms with Crippen LogP contribution < -0.4 is 0 Å². The number of rotatable bonds is 3. The fourth-order valence-corrected chi connectivity index (χ4v) is 3.11. The fraction of sp³-hybridized carbons (Fsp3) is 0.500. The Morgan fingerprint density at radius 1 is 1.47 bits per heavy atom. The first-order valence-corrected chi connectivity index (χ1v) is 7.14. The number of nitrogens with zero attached hydrogens (tertiary/aromatic N) is 1.